The van der Waals surface area contributed by atoms with Crippen LogP contribution in [0.1, 0.15) is 68.8 Å². The van der Waals surface area contributed by atoms with E-state index in [2.05, 4.69) is 4.98 Å². The van der Waals surface area contributed by atoms with Gasteiger partial charge in [-0.25, -0.2) is 4.79 Å². The van der Waals surface area contributed by atoms with Crippen molar-refractivity contribution in [2.75, 3.05) is 0 Å². The van der Waals surface area contributed by atoms with Gasteiger partial charge in [0.15, 0.2) is 5.78 Å². The second-order valence-electron chi connectivity index (χ2n) is 9.47. The Bertz CT molecular complexity index is 933. The highest BCUT2D eigenvalue weighted by Crippen LogP contribution is 2.39. The average Bonchev–Trinajstić information content (AvgIpc) is 2.65. The summed E-state index contributed by atoms with van der Waals surface area (Å²) in [4.78, 5) is 32.6. The molecule has 1 aromatic heterocycles. The molecule has 5 heteroatoms. The minimum atomic E-state index is -0.507. The van der Waals surface area contributed by atoms with E-state index < -0.39 is 5.60 Å². The fourth-order valence-electron chi connectivity index (χ4n) is 4.99. The number of benzene rings is 1. The lowest BCUT2D eigenvalue weighted by molar-refractivity contribution is -0.0260. The van der Waals surface area contributed by atoms with Gasteiger partial charge in [-0.3, -0.25) is 9.78 Å². The van der Waals surface area contributed by atoms with Gasteiger partial charge in [0, 0.05) is 35.1 Å². The number of amides is 1. The molecule has 0 N–H and O–H groups in total. The lowest BCUT2D eigenvalue weighted by Gasteiger charge is -2.48. The van der Waals surface area contributed by atoms with Crippen LogP contribution >= 0.6 is 0 Å². The third-order valence-corrected chi connectivity index (χ3v) is 6.24. The van der Waals surface area contributed by atoms with Crippen molar-refractivity contribution in [3.8, 4) is 0 Å². The first-order chi connectivity index (χ1) is 13.7. The minimum absolute atomic E-state index is 0.0520. The highest BCUT2D eigenvalue weighted by molar-refractivity contribution is 6.03. The van der Waals surface area contributed by atoms with Crippen LogP contribution in [0, 0.1) is 12.8 Å². The third kappa shape index (κ3) is 3.87. The molecule has 5 nitrogen and oxygen atoms in total. The third-order valence-electron chi connectivity index (χ3n) is 6.24. The van der Waals surface area contributed by atoms with E-state index in [1.807, 2.05) is 56.9 Å². The number of Topliss-reactive ketones (excluding diaryl/α,β-unsaturated/α-hetero) is 1. The van der Waals surface area contributed by atoms with Crippen LogP contribution in [0.4, 0.5) is 4.79 Å². The molecule has 0 radical (unpaired) electrons. The van der Waals surface area contributed by atoms with Crippen LogP contribution in [-0.4, -0.2) is 39.4 Å². The molecule has 0 saturated carbocycles. The van der Waals surface area contributed by atoms with Crippen molar-refractivity contribution in [1.82, 2.24) is 9.88 Å². The summed E-state index contributed by atoms with van der Waals surface area (Å²) in [5, 5.41) is 1.05. The number of hydrogen-bond donors (Lipinski definition) is 0. The Balaban J connectivity index is 1.57. The van der Waals surface area contributed by atoms with Gasteiger partial charge in [0.2, 0.25) is 0 Å². The summed E-state index contributed by atoms with van der Waals surface area (Å²) < 4.78 is 5.66. The summed E-state index contributed by atoms with van der Waals surface area (Å²) in [6.07, 6.45) is 5.96. The summed E-state index contributed by atoms with van der Waals surface area (Å²) in [5.41, 5.74) is 2.11. The number of nitrogens with zero attached hydrogens (tertiary/aromatic N) is 2. The Morgan fingerprint density at radius 3 is 2.45 bits per heavy atom. The van der Waals surface area contributed by atoms with E-state index >= 15 is 0 Å². The molecular formula is C24H30N2O3. The quantitative estimate of drug-likeness (QED) is 0.649. The Labute approximate surface area is 172 Å². The second kappa shape index (κ2) is 7.43. The summed E-state index contributed by atoms with van der Waals surface area (Å²) in [5.74, 6) is 0.139. The Hall–Kier alpha value is -2.43. The number of pyridine rings is 1. The van der Waals surface area contributed by atoms with Crippen LogP contribution < -0.4 is 0 Å². The predicted octanol–water partition coefficient (Wildman–Crippen LogP) is 5.29. The first kappa shape index (κ1) is 19.9. The topological polar surface area (TPSA) is 59.5 Å². The number of fused-ring (bicyclic) bond motifs is 3. The summed E-state index contributed by atoms with van der Waals surface area (Å²) >= 11 is 0. The van der Waals surface area contributed by atoms with Gasteiger partial charge >= 0.3 is 6.09 Å². The maximum absolute atomic E-state index is 13.4. The lowest BCUT2D eigenvalue weighted by atomic mass is 9.75. The van der Waals surface area contributed by atoms with E-state index in [-0.39, 0.29) is 29.9 Å². The molecule has 2 unspecified atom stereocenters. The lowest BCUT2D eigenvalue weighted by Crippen LogP contribution is -2.56. The smallest absolute Gasteiger partial charge is 0.410 e. The zero-order valence-corrected chi connectivity index (χ0v) is 17.8. The molecule has 2 aromatic rings. The monoisotopic (exact) mass is 394 g/mol. The van der Waals surface area contributed by atoms with Crippen LogP contribution in [0.25, 0.3) is 10.9 Å². The fourth-order valence-corrected chi connectivity index (χ4v) is 4.99. The zero-order valence-electron chi connectivity index (χ0n) is 17.8. The van der Waals surface area contributed by atoms with Crippen molar-refractivity contribution < 1.29 is 14.3 Å². The van der Waals surface area contributed by atoms with Gasteiger partial charge in [-0.05, 0) is 71.4 Å². The van der Waals surface area contributed by atoms with Gasteiger partial charge in [-0.1, -0.05) is 18.2 Å². The zero-order chi connectivity index (χ0) is 20.8. The van der Waals surface area contributed by atoms with Crippen LogP contribution in [0.15, 0.2) is 30.5 Å². The molecule has 2 bridgehead atoms. The largest absolute Gasteiger partial charge is 0.444 e. The van der Waals surface area contributed by atoms with Crippen molar-refractivity contribution in [1.29, 1.82) is 0 Å². The van der Waals surface area contributed by atoms with Gasteiger partial charge in [-0.2, -0.15) is 0 Å². The van der Waals surface area contributed by atoms with Gasteiger partial charge < -0.3 is 9.64 Å². The normalized spacial score (nSPS) is 24.4. The molecular weight excluding hydrogens is 364 g/mol. The standard InChI is InChI=1S/C24H30N2O3/c1-15-20(11-10-16-7-6-12-25-21(15)16)22(27)17-13-18-8-5-9-19(14-17)26(18)23(28)29-24(2,3)4/h6-7,10-12,17-19H,5,8-9,13-14H2,1-4H3. The Kier molecular flexibility index (Phi) is 5.09. The number of aromatic nitrogens is 1. The molecule has 29 heavy (non-hydrogen) atoms. The number of piperidine rings is 2. The Morgan fingerprint density at radius 2 is 1.79 bits per heavy atom. The molecule has 2 fully saturated rings. The SMILES string of the molecule is Cc1c(C(=O)C2CC3CCCC(C2)N3C(=O)OC(C)(C)C)ccc2cccnc12. The number of carbonyl (C=O) groups excluding carboxylic acids is 2. The van der Waals surface area contributed by atoms with E-state index in [0.29, 0.717) is 12.8 Å². The minimum Gasteiger partial charge on any atom is -0.444 e. The van der Waals surface area contributed by atoms with E-state index in [0.717, 1.165) is 41.3 Å². The number of ketones is 1. The van der Waals surface area contributed by atoms with Crippen molar-refractivity contribution >= 4 is 22.8 Å². The molecule has 2 aliphatic rings. The second-order valence-corrected chi connectivity index (χ2v) is 9.47. The number of aryl methyl sites for hydroxylation is 1. The molecule has 154 valence electrons. The van der Waals surface area contributed by atoms with E-state index in [4.69, 9.17) is 4.74 Å². The van der Waals surface area contributed by atoms with Crippen molar-refractivity contribution in [2.45, 2.75) is 77.5 Å². The molecule has 0 aliphatic carbocycles. The fraction of sp³-hybridized carbons (Fsp3) is 0.542. The van der Waals surface area contributed by atoms with Crippen LogP contribution in [0.2, 0.25) is 0 Å². The van der Waals surface area contributed by atoms with Crippen LogP contribution in [0.5, 0.6) is 0 Å². The highest BCUT2D eigenvalue weighted by atomic mass is 16.6. The van der Waals surface area contributed by atoms with Gasteiger partial charge in [0.25, 0.3) is 0 Å². The van der Waals surface area contributed by atoms with E-state index in [1.165, 1.54) is 0 Å². The number of ether oxygens (including phenoxy) is 1. The van der Waals surface area contributed by atoms with E-state index in [9.17, 15) is 9.59 Å². The molecule has 0 spiro atoms. The predicted molar refractivity (Wildman–Crippen MR) is 113 cm³/mol. The molecule has 4 rings (SSSR count). The molecule has 2 atom stereocenters. The first-order valence-electron chi connectivity index (χ1n) is 10.6. The van der Waals surface area contributed by atoms with Crippen LogP contribution in [0.3, 0.4) is 0 Å². The van der Waals surface area contributed by atoms with Crippen molar-refractivity contribution in [3.05, 3.63) is 41.6 Å². The number of hydrogen-bond acceptors (Lipinski definition) is 4. The molecule has 2 aliphatic heterocycles. The average molecular weight is 395 g/mol. The number of rotatable bonds is 2. The summed E-state index contributed by atoms with van der Waals surface area (Å²) in [6, 6.07) is 8.04. The van der Waals surface area contributed by atoms with Crippen molar-refractivity contribution in [3.63, 3.8) is 0 Å². The first-order valence-corrected chi connectivity index (χ1v) is 10.6. The van der Waals surface area contributed by atoms with E-state index in [1.54, 1.807) is 6.20 Å². The summed E-state index contributed by atoms with van der Waals surface area (Å²) in [6.45, 7) is 7.67. The van der Waals surface area contributed by atoms with Gasteiger partial charge in [0.05, 0.1) is 5.52 Å². The maximum atomic E-state index is 13.4. The number of carbonyl (C=O) groups is 2. The van der Waals surface area contributed by atoms with Gasteiger partial charge in [0.1, 0.15) is 5.60 Å². The van der Waals surface area contributed by atoms with Crippen LogP contribution in [-0.2, 0) is 4.74 Å². The Morgan fingerprint density at radius 1 is 1.10 bits per heavy atom. The highest BCUT2D eigenvalue weighted by Gasteiger charge is 2.44. The van der Waals surface area contributed by atoms with Crippen molar-refractivity contribution in [2.24, 2.45) is 5.92 Å². The van der Waals surface area contributed by atoms with Gasteiger partial charge in [-0.15, -0.1) is 0 Å². The maximum Gasteiger partial charge on any atom is 0.410 e. The summed E-state index contributed by atoms with van der Waals surface area (Å²) in [7, 11) is 0. The molecule has 2 saturated heterocycles. The molecule has 1 amide bonds. The molecule has 1 aromatic carbocycles. The molecule has 3 heterocycles.